The van der Waals surface area contributed by atoms with Crippen molar-refractivity contribution in [2.75, 3.05) is 6.61 Å². The zero-order chi connectivity index (χ0) is 28.9. The van der Waals surface area contributed by atoms with Crippen molar-refractivity contribution < 1.29 is 36.8 Å². The molecule has 8 nitrogen and oxygen atoms in total. The molecule has 5 rings (SSSR count). The summed E-state index contributed by atoms with van der Waals surface area (Å²) in [4.78, 5) is 38.9. The van der Waals surface area contributed by atoms with E-state index >= 15 is 0 Å². The van der Waals surface area contributed by atoms with Gasteiger partial charge in [-0.1, -0.05) is 37.3 Å². The Hall–Kier alpha value is -3.19. The van der Waals surface area contributed by atoms with Gasteiger partial charge < -0.3 is 20.7 Å². The number of nitrogens with two attached hydrogens (primary N) is 1. The quantitative estimate of drug-likeness (QED) is 0.224. The Kier molecular flexibility index (Phi) is 7.55. The first-order chi connectivity index (χ1) is 19.1. The standard InChI is InChI=1S/C29H26BFINO7/c1-2-9-39-20-8-7-17(13-3-5-14(6-4-13)27(30)31)18-11-15-10-16-12-19(34)23(28(33)38)26(37)29(16,40-32)25(36)21(15)24(35)22(18)20/h3-8,15-16,27,35,37H,2,9-12H2,1H3,(H2,33,38)/t15-,16+,27?,29+/m1/s1. The van der Waals surface area contributed by atoms with Crippen LogP contribution in [0.15, 0.2) is 53.3 Å². The Morgan fingerprint density at radius 1 is 1.20 bits per heavy atom. The van der Waals surface area contributed by atoms with E-state index < -0.39 is 52.3 Å². The number of fused-ring (bicyclic) bond motifs is 3. The van der Waals surface area contributed by atoms with Crippen molar-refractivity contribution in [3.05, 3.63) is 70.0 Å². The van der Waals surface area contributed by atoms with Crippen molar-refractivity contribution in [2.24, 2.45) is 17.6 Å². The third-order valence-electron chi connectivity index (χ3n) is 8.02. The number of amides is 1. The summed E-state index contributed by atoms with van der Waals surface area (Å²) >= 11 is 1.48. The number of ketones is 2. The summed E-state index contributed by atoms with van der Waals surface area (Å²) in [6.45, 7) is 2.31. The van der Waals surface area contributed by atoms with Crippen LogP contribution in [0.25, 0.3) is 16.9 Å². The molecule has 4 N–H and O–H groups in total. The Labute approximate surface area is 245 Å². The molecule has 2 radical (unpaired) electrons. The predicted molar refractivity (Wildman–Crippen MR) is 153 cm³/mol. The smallest absolute Gasteiger partial charge is 0.255 e. The molecule has 11 heteroatoms. The van der Waals surface area contributed by atoms with Crippen LogP contribution in [0.4, 0.5) is 4.39 Å². The van der Waals surface area contributed by atoms with Crippen LogP contribution >= 0.6 is 23.0 Å². The van der Waals surface area contributed by atoms with Crippen molar-refractivity contribution in [3.63, 3.8) is 0 Å². The molecule has 3 aliphatic rings. The first-order valence-corrected chi connectivity index (χ1v) is 13.8. The second-order valence-electron chi connectivity index (χ2n) is 10.3. The first kappa shape index (κ1) is 28.3. The molecule has 1 unspecified atom stereocenters. The van der Waals surface area contributed by atoms with E-state index in [2.05, 4.69) is 0 Å². The highest BCUT2D eigenvalue weighted by atomic mass is 127. The number of carbonyl (C=O) groups is 3. The number of halogens is 2. The lowest BCUT2D eigenvalue weighted by Crippen LogP contribution is -2.58. The van der Waals surface area contributed by atoms with E-state index in [4.69, 9.17) is 21.4 Å². The van der Waals surface area contributed by atoms with Gasteiger partial charge in [0.1, 0.15) is 53.7 Å². The molecule has 0 spiro atoms. The van der Waals surface area contributed by atoms with Gasteiger partial charge in [-0.3, -0.25) is 21.8 Å². The summed E-state index contributed by atoms with van der Waals surface area (Å²) in [5.74, 6) is -4.62. The Bertz CT molecular complexity index is 1490. The highest BCUT2D eigenvalue weighted by Gasteiger charge is 2.62. The van der Waals surface area contributed by atoms with E-state index in [-0.39, 0.29) is 24.2 Å². The molecule has 2 aromatic carbocycles. The van der Waals surface area contributed by atoms with Crippen LogP contribution in [-0.2, 0) is 23.9 Å². The maximum atomic E-state index is 14.1. The number of primary amides is 1. The molecule has 2 aromatic rings. The van der Waals surface area contributed by atoms with Gasteiger partial charge in [0.2, 0.25) is 11.4 Å². The van der Waals surface area contributed by atoms with E-state index in [0.29, 0.717) is 36.3 Å². The Balaban J connectivity index is 1.71. The van der Waals surface area contributed by atoms with Gasteiger partial charge in [-0.2, -0.15) is 0 Å². The highest BCUT2D eigenvalue weighted by molar-refractivity contribution is 14.1. The summed E-state index contributed by atoms with van der Waals surface area (Å²) in [7, 11) is 5.37. The molecule has 0 heterocycles. The van der Waals surface area contributed by atoms with Crippen molar-refractivity contribution >= 4 is 54.1 Å². The number of rotatable bonds is 7. The lowest BCUT2D eigenvalue weighted by atomic mass is 9.59. The van der Waals surface area contributed by atoms with Crippen LogP contribution in [0.1, 0.15) is 48.9 Å². The zero-order valence-electron chi connectivity index (χ0n) is 21.6. The van der Waals surface area contributed by atoms with Crippen molar-refractivity contribution in [1.29, 1.82) is 0 Å². The summed E-state index contributed by atoms with van der Waals surface area (Å²) in [6, 6.07) is 10.2. The van der Waals surface area contributed by atoms with Crippen molar-refractivity contribution in [3.8, 4) is 16.9 Å². The van der Waals surface area contributed by atoms with Crippen molar-refractivity contribution in [1.82, 2.24) is 0 Å². The monoisotopic (exact) mass is 657 g/mol. The molecule has 0 aliphatic heterocycles. The number of hydrogen-bond acceptors (Lipinski definition) is 7. The summed E-state index contributed by atoms with van der Waals surface area (Å²) in [5, 5.41) is 22.8. The number of benzene rings is 2. The summed E-state index contributed by atoms with van der Waals surface area (Å²) in [6.07, 6.45) is -0.610. The number of hydrogen-bond donors (Lipinski definition) is 3. The van der Waals surface area contributed by atoms with Gasteiger partial charge in [-0.05, 0) is 53.5 Å². The van der Waals surface area contributed by atoms with Gasteiger partial charge in [0, 0.05) is 17.9 Å². The SMILES string of the molecule is [B]C(F)c1ccc(-c2ccc(OCCC)c3c2C[C@H]2C[C@H]4CC(=O)C(C(N)=O)=C(O)[C@@]4(OI)C(=O)C2=C3O)cc1. The number of aliphatic hydroxyl groups is 2. The largest absolute Gasteiger partial charge is 0.508 e. The van der Waals surface area contributed by atoms with Crippen LogP contribution in [0.3, 0.4) is 0 Å². The lowest BCUT2D eigenvalue weighted by Gasteiger charge is -2.47. The molecule has 4 atom stereocenters. The molecule has 0 saturated heterocycles. The molecular formula is C29H26BFINO7. The fourth-order valence-corrected chi connectivity index (χ4v) is 6.94. The van der Waals surface area contributed by atoms with Crippen LogP contribution in [-0.4, -0.2) is 47.7 Å². The fourth-order valence-electron chi connectivity index (χ4n) is 6.17. The average Bonchev–Trinajstić information content (AvgIpc) is 2.91. The predicted octanol–water partition coefficient (Wildman–Crippen LogP) is 4.69. The maximum Gasteiger partial charge on any atom is 0.255 e. The number of carbonyl (C=O) groups excluding carboxylic acids is 3. The van der Waals surface area contributed by atoms with E-state index in [1.165, 1.54) is 23.0 Å². The number of ether oxygens (including phenoxy) is 1. The molecule has 1 fully saturated rings. The third-order valence-corrected chi connectivity index (χ3v) is 8.72. The highest BCUT2D eigenvalue weighted by Crippen LogP contribution is 2.55. The van der Waals surface area contributed by atoms with Gasteiger partial charge in [-0.25, -0.2) is 0 Å². The summed E-state index contributed by atoms with van der Waals surface area (Å²) in [5.41, 5.74) is 5.59. The lowest BCUT2D eigenvalue weighted by molar-refractivity contribution is -0.140. The minimum Gasteiger partial charge on any atom is -0.508 e. The first-order valence-electron chi connectivity index (χ1n) is 12.9. The molecule has 3 aliphatic carbocycles. The number of alkyl halides is 1. The number of Topliss-reactive ketones (excluding diaryl/α,β-unsaturated/α-hetero) is 2. The second kappa shape index (κ2) is 10.7. The summed E-state index contributed by atoms with van der Waals surface area (Å²) < 4.78 is 25.1. The molecule has 0 bridgehead atoms. The average molecular weight is 657 g/mol. The van der Waals surface area contributed by atoms with E-state index in [0.717, 1.165) is 16.7 Å². The van der Waals surface area contributed by atoms with Crippen LogP contribution < -0.4 is 10.5 Å². The topological polar surface area (TPSA) is 136 Å². The van der Waals surface area contributed by atoms with E-state index in [9.17, 15) is 29.0 Å². The van der Waals surface area contributed by atoms with Gasteiger partial charge in [0.05, 0.1) is 18.2 Å². The Morgan fingerprint density at radius 3 is 2.50 bits per heavy atom. The molecular weight excluding hydrogens is 631 g/mol. The maximum absolute atomic E-state index is 14.1. The molecule has 1 amide bonds. The molecule has 40 heavy (non-hydrogen) atoms. The van der Waals surface area contributed by atoms with Gasteiger partial charge in [0.15, 0.2) is 5.78 Å². The van der Waals surface area contributed by atoms with Crippen molar-refractivity contribution in [2.45, 2.75) is 44.3 Å². The third kappa shape index (κ3) is 4.25. The minimum atomic E-state index is -2.04. The number of aliphatic hydroxyl groups excluding tert-OH is 2. The van der Waals surface area contributed by atoms with E-state index in [1.54, 1.807) is 30.3 Å². The van der Waals surface area contributed by atoms with Gasteiger partial charge in [0.25, 0.3) is 5.91 Å². The van der Waals surface area contributed by atoms with Gasteiger partial charge in [-0.15, -0.1) is 0 Å². The van der Waals surface area contributed by atoms with Crippen LogP contribution in [0.2, 0.25) is 0 Å². The fraction of sp³-hybridized carbons (Fsp3) is 0.345. The molecule has 206 valence electrons. The second-order valence-corrected chi connectivity index (χ2v) is 10.7. The Morgan fingerprint density at radius 2 is 1.90 bits per heavy atom. The normalized spacial score (nSPS) is 24.8. The minimum absolute atomic E-state index is 0.0300. The molecule has 0 aromatic heterocycles. The van der Waals surface area contributed by atoms with Crippen LogP contribution in [0, 0.1) is 11.8 Å². The van der Waals surface area contributed by atoms with Gasteiger partial charge >= 0.3 is 0 Å². The zero-order valence-corrected chi connectivity index (χ0v) is 23.7. The van der Waals surface area contributed by atoms with E-state index in [1.807, 2.05) is 13.0 Å². The molecule has 1 saturated carbocycles. The van der Waals surface area contributed by atoms with Crippen LogP contribution in [0.5, 0.6) is 5.75 Å².